The molecular formula is C12H21N3O3. The first-order valence-electron chi connectivity index (χ1n) is 6.54. The van der Waals surface area contributed by atoms with Gasteiger partial charge in [-0.2, -0.15) is 0 Å². The van der Waals surface area contributed by atoms with Crippen LogP contribution in [0.25, 0.3) is 0 Å². The number of fused-ring (bicyclic) bond motifs is 1. The molecule has 0 spiro atoms. The SMILES string of the molecule is CC(C(=O)N1CCOC2CCCCC21)C(N)=NO. The minimum atomic E-state index is -0.573. The quantitative estimate of drug-likeness (QED) is 0.326. The smallest absolute Gasteiger partial charge is 0.233 e. The second-order valence-electron chi connectivity index (χ2n) is 5.04. The molecule has 0 aromatic heterocycles. The van der Waals surface area contributed by atoms with Crippen molar-refractivity contribution in [2.24, 2.45) is 16.8 Å². The van der Waals surface area contributed by atoms with Gasteiger partial charge in [0.15, 0.2) is 5.84 Å². The highest BCUT2D eigenvalue weighted by Gasteiger charge is 2.38. The zero-order valence-corrected chi connectivity index (χ0v) is 10.7. The Morgan fingerprint density at radius 1 is 1.50 bits per heavy atom. The number of hydrogen-bond acceptors (Lipinski definition) is 4. The lowest BCUT2D eigenvalue weighted by atomic mass is 9.89. The number of amides is 1. The zero-order valence-electron chi connectivity index (χ0n) is 10.7. The molecule has 102 valence electrons. The Balaban J connectivity index is 2.08. The van der Waals surface area contributed by atoms with E-state index >= 15 is 0 Å². The van der Waals surface area contributed by atoms with E-state index in [1.807, 2.05) is 4.90 Å². The fraction of sp³-hybridized carbons (Fsp3) is 0.833. The van der Waals surface area contributed by atoms with E-state index in [0.717, 1.165) is 19.3 Å². The maximum absolute atomic E-state index is 12.4. The molecule has 2 fully saturated rings. The molecule has 1 heterocycles. The lowest BCUT2D eigenvalue weighted by molar-refractivity contribution is -0.151. The Kier molecular flexibility index (Phi) is 4.06. The lowest BCUT2D eigenvalue weighted by Gasteiger charge is -2.44. The largest absolute Gasteiger partial charge is 0.409 e. The third kappa shape index (κ3) is 2.43. The van der Waals surface area contributed by atoms with Gasteiger partial charge in [-0.05, 0) is 19.8 Å². The molecule has 3 N–H and O–H groups in total. The van der Waals surface area contributed by atoms with E-state index in [9.17, 15) is 4.79 Å². The summed E-state index contributed by atoms with van der Waals surface area (Å²) >= 11 is 0. The van der Waals surface area contributed by atoms with Gasteiger partial charge in [-0.1, -0.05) is 18.0 Å². The molecule has 18 heavy (non-hydrogen) atoms. The topological polar surface area (TPSA) is 88.2 Å². The molecule has 1 saturated carbocycles. The highest BCUT2D eigenvalue weighted by molar-refractivity contribution is 6.01. The minimum absolute atomic E-state index is 0.0288. The molecule has 0 aromatic carbocycles. The van der Waals surface area contributed by atoms with Crippen LogP contribution in [0.2, 0.25) is 0 Å². The van der Waals surface area contributed by atoms with Crippen molar-refractivity contribution in [2.75, 3.05) is 13.2 Å². The van der Waals surface area contributed by atoms with Crippen LogP contribution in [-0.4, -0.2) is 47.1 Å². The van der Waals surface area contributed by atoms with Gasteiger partial charge in [0.25, 0.3) is 0 Å². The minimum Gasteiger partial charge on any atom is -0.409 e. The summed E-state index contributed by atoms with van der Waals surface area (Å²) in [5.41, 5.74) is 5.51. The van der Waals surface area contributed by atoms with E-state index in [4.69, 9.17) is 15.7 Å². The van der Waals surface area contributed by atoms with Crippen molar-refractivity contribution in [1.29, 1.82) is 0 Å². The normalized spacial score (nSPS) is 30.7. The average Bonchev–Trinajstić information content (AvgIpc) is 2.44. The first-order valence-corrected chi connectivity index (χ1v) is 6.54. The molecule has 1 aliphatic heterocycles. The Hall–Kier alpha value is -1.30. The van der Waals surface area contributed by atoms with E-state index in [1.54, 1.807) is 6.92 Å². The van der Waals surface area contributed by atoms with E-state index in [-0.39, 0.29) is 23.9 Å². The number of rotatable bonds is 2. The van der Waals surface area contributed by atoms with Crippen LogP contribution in [0.3, 0.4) is 0 Å². The van der Waals surface area contributed by atoms with Crippen molar-refractivity contribution in [3.05, 3.63) is 0 Å². The van der Waals surface area contributed by atoms with Crippen LogP contribution in [-0.2, 0) is 9.53 Å². The van der Waals surface area contributed by atoms with Crippen molar-refractivity contribution in [1.82, 2.24) is 4.90 Å². The van der Waals surface area contributed by atoms with E-state index in [1.165, 1.54) is 6.42 Å². The molecular weight excluding hydrogens is 234 g/mol. The Morgan fingerprint density at radius 2 is 2.22 bits per heavy atom. The molecule has 6 heteroatoms. The summed E-state index contributed by atoms with van der Waals surface area (Å²) in [5, 5.41) is 11.6. The molecule has 1 saturated heterocycles. The predicted octanol–water partition coefficient (Wildman–Crippen LogP) is 0.539. The highest BCUT2D eigenvalue weighted by Crippen LogP contribution is 2.29. The molecule has 2 rings (SSSR count). The molecule has 1 aliphatic carbocycles. The third-order valence-electron chi connectivity index (χ3n) is 3.94. The van der Waals surface area contributed by atoms with Gasteiger partial charge >= 0.3 is 0 Å². The third-order valence-corrected chi connectivity index (χ3v) is 3.94. The van der Waals surface area contributed by atoms with Crippen LogP contribution in [0.15, 0.2) is 5.16 Å². The van der Waals surface area contributed by atoms with Gasteiger partial charge in [0, 0.05) is 6.54 Å². The van der Waals surface area contributed by atoms with Crippen molar-refractivity contribution < 1.29 is 14.7 Å². The molecule has 2 aliphatic rings. The van der Waals surface area contributed by atoms with E-state index in [2.05, 4.69) is 5.16 Å². The van der Waals surface area contributed by atoms with Gasteiger partial charge < -0.3 is 20.6 Å². The maximum atomic E-state index is 12.4. The van der Waals surface area contributed by atoms with Gasteiger partial charge in [-0.15, -0.1) is 0 Å². The van der Waals surface area contributed by atoms with Gasteiger partial charge in [-0.25, -0.2) is 0 Å². The van der Waals surface area contributed by atoms with Crippen LogP contribution in [0.1, 0.15) is 32.6 Å². The number of carbonyl (C=O) groups is 1. The molecule has 0 radical (unpaired) electrons. The molecule has 0 aromatic rings. The van der Waals surface area contributed by atoms with Gasteiger partial charge in [0.05, 0.1) is 24.7 Å². The standard InChI is InChI=1S/C12H21N3O3/c1-8(11(13)14-17)12(16)15-6-7-18-10-5-3-2-4-9(10)15/h8-10,17H,2-7H2,1H3,(H2,13,14). The first kappa shape index (κ1) is 13.1. The number of nitrogens with two attached hydrogens (primary N) is 1. The van der Waals surface area contributed by atoms with Crippen LogP contribution >= 0.6 is 0 Å². The van der Waals surface area contributed by atoms with Gasteiger partial charge in [-0.3, -0.25) is 4.79 Å². The van der Waals surface area contributed by atoms with E-state index < -0.39 is 5.92 Å². The zero-order chi connectivity index (χ0) is 13.1. The molecule has 3 unspecified atom stereocenters. The maximum Gasteiger partial charge on any atom is 0.233 e. The summed E-state index contributed by atoms with van der Waals surface area (Å²) in [6.07, 6.45) is 4.47. The molecule has 6 nitrogen and oxygen atoms in total. The number of morpholine rings is 1. The summed E-state index contributed by atoms with van der Waals surface area (Å²) in [6.45, 7) is 2.85. The van der Waals surface area contributed by atoms with Gasteiger partial charge in [0.2, 0.25) is 5.91 Å². The monoisotopic (exact) mass is 255 g/mol. The van der Waals surface area contributed by atoms with E-state index in [0.29, 0.717) is 13.2 Å². The van der Waals surface area contributed by atoms with Crippen molar-refractivity contribution in [3.8, 4) is 0 Å². The van der Waals surface area contributed by atoms with Crippen LogP contribution in [0.5, 0.6) is 0 Å². The summed E-state index contributed by atoms with van der Waals surface area (Å²) in [4.78, 5) is 14.2. The van der Waals surface area contributed by atoms with Crippen molar-refractivity contribution in [2.45, 2.75) is 44.8 Å². The second kappa shape index (κ2) is 5.56. The van der Waals surface area contributed by atoms with Crippen LogP contribution in [0.4, 0.5) is 0 Å². The van der Waals surface area contributed by atoms with Crippen molar-refractivity contribution >= 4 is 11.7 Å². The second-order valence-corrected chi connectivity index (χ2v) is 5.04. The molecule has 3 atom stereocenters. The Bertz CT molecular complexity index is 343. The van der Waals surface area contributed by atoms with Gasteiger partial charge in [0.1, 0.15) is 0 Å². The molecule has 0 bridgehead atoms. The number of oxime groups is 1. The highest BCUT2D eigenvalue weighted by atomic mass is 16.5. The van der Waals surface area contributed by atoms with Crippen LogP contribution < -0.4 is 5.73 Å². The van der Waals surface area contributed by atoms with Crippen LogP contribution in [0, 0.1) is 5.92 Å². The number of hydrogen-bond donors (Lipinski definition) is 2. The number of amidine groups is 1. The van der Waals surface area contributed by atoms with Crippen molar-refractivity contribution in [3.63, 3.8) is 0 Å². The fourth-order valence-corrected chi connectivity index (χ4v) is 2.83. The summed E-state index contributed by atoms with van der Waals surface area (Å²) < 4.78 is 5.72. The lowest BCUT2D eigenvalue weighted by Crippen LogP contribution is -2.57. The number of ether oxygens (including phenoxy) is 1. The number of carbonyl (C=O) groups excluding carboxylic acids is 1. The Labute approximate surface area is 107 Å². The fourth-order valence-electron chi connectivity index (χ4n) is 2.83. The summed E-state index contributed by atoms with van der Waals surface area (Å²) in [5.74, 6) is -0.667. The summed E-state index contributed by atoms with van der Waals surface area (Å²) in [7, 11) is 0. The average molecular weight is 255 g/mol. The Morgan fingerprint density at radius 3 is 2.94 bits per heavy atom. The molecule has 1 amide bonds. The first-order chi connectivity index (χ1) is 8.65. The predicted molar refractivity (Wildman–Crippen MR) is 66.3 cm³/mol. The number of nitrogens with zero attached hydrogens (tertiary/aromatic N) is 2. The summed E-state index contributed by atoms with van der Waals surface area (Å²) in [6, 6.07) is 0.161.